The van der Waals surface area contributed by atoms with E-state index in [0.29, 0.717) is 31.1 Å². The second-order valence-corrected chi connectivity index (χ2v) is 7.56. The van der Waals surface area contributed by atoms with Crippen LogP contribution in [-0.2, 0) is 30.6 Å². The molecule has 0 radical (unpaired) electrons. The number of nitrogens with zero attached hydrogens (tertiary/aromatic N) is 2. The molecule has 2 heterocycles. The predicted octanol–water partition coefficient (Wildman–Crippen LogP) is 2.33. The molecule has 0 aromatic heterocycles. The molecule has 2 aliphatic rings. The summed E-state index contributed by atoms with van der Waals surface area (Å²) in [6.07, 6.45) is 0. The zero-order valence-corrected chi connectivity index (χ0v) is 18.6. The predicted molar refractivity (Wildman–Crippen MR) is 116 cm³/mol. The van der Waals surface area contributed by atoms with Gasteiger partial charge in [0.1, 0.15) is 24.4 Å². The Morgan fingerprint density at radius 2 is 1.91 bits per heavy atom. The summed E-state index contributed by atoms with van der Waals surface area (Å²) in [6, 6.07) is 13.3. The van der Waals surface area contributed by atoms with E-state index in [1.165, 1.54) is 17.1 Å². The van der Waals surface area contributed by atoms with Crippen LogP contribution in [-0.4, -0.2) is 62.7 Å². The Balaban J connectivity index is 1.57. The van der Waals surface area contributed by atoms with E-state index in [4.69, 9.17) is 23.9 Å². The van der Waals surface area contributed by atoms with Crippen molar-refractivity contribution in [3.63, 3.8) is 0 Å². The molecule has 0 unspecified atom stereocenters. The summed E-state index contributed by atoms with van der Waals surface area (Å²) in [5, 5.41) is 1.34. The second kappa shape index (κ2) is 10.6. The third-order valence-electron chi connectivity index (χ3n) is 5.52. The Morgan fingerprint density at radius 3 is 2.67 bits per heavy atom. The molecule has 2 bridgehead atoms. The van der Waals surface area contributed by atoms with E-state index in [1.807, 2.05) is 36.4 Å². The molecule has 0 aliphatic carbocycles. The molecule has 1 fully saturated rings. The molecule has 33 heavy (non-hydrogen) atoms. The molecule has 1 saturated heterocycles. The number of urea groups is 1. The molecule has 10 nitrogen and oxygen atoms in total. The molecule has 1 N–H and O–H groups in total. The van der Waals surface area contributed by atoms with E-state index < -0.39 is 11.9 Å². The first kappa shape index (κ1) is 23.0. The lowest BCUT2D eigenvalue weighted by molar-refractivity contribution is -0.141. The molecule has 176 valence electrons. The molecule has 0 spiro atoms. The van der Waals surface area contributed by atoms with Gasteiger partial charge in [-0.05, 0) is 28.8 Å². The number of carbonyl (C=O) groups is 2. The number of nitrogens with one attached hydrogen (secondary N) is 1. The topological polar surface area (TPSA) is 98.8 Å². The number of carbonyl (C=O) groups excluding carboxylic acids is 2. The molecule has 2 atom stereocenters. The van der Waals surface area contributed by atoms with Crippen LogP contribution in [0.3, 0.4) is 0 Å². The van der Waals surface area contributed by atoms with Crippen LogP contribution in [0.1, 0.15) is 28.8 Å². The van der Waals surface area contributed by atoms with Crippen LogP contribution in [0.2, 0.25) is 0 Å². The number of rotatable bonds is 11. The summed E-state index contributed by atoms with van der Waals surface area (Å²) in [6.45, 7) is 1.46. The molecule has 0 saturated carbocycles. The van der Waals surface area contributed by atoms with Crippen LogP contribution in [0.25, 0.3) is 0 Å². The number of hydrogen-bond donors (Lipinski definition) is 1. The van der Waals surface area contributed by atoms with Crippen molar-refractivity contribution in [3.8, 4) is 5.75 Å². The van der Waals surface area contributed by atoms with Crippen LogP contribution < -0.4 is 10.2 Å². The molecule has 2 aliphatic heterocycles. The van der Waals surface area contributed by atoms with E-state index >= 15 is 0 Å². The summed E-state index contributed by atoms with van der Waals surface area (Å²) < 4.78 is 16.0. The molecular formula is C23H27N3O7. The fourth-order valence-corrected chi connectivity index (χ4v) is 4.00. The Morgan fingerprint density at radius 1 is 1.09 bits per heavy atom. The minimum atomic E-state index is -0.846. The number of hydrogen-bond acceptors (Lipinski definition) is 7. The van der Waals surface area contributed by atoms with Crippen molar-refractivity contribution < 1.29 is 33.5 Å². The highest BCUT2D eigenvalue weighted by Crippen LogP contribution is 2.45. The van der Waals surface area contributed by atoms with Crippen molar-refractivity contribution >= 4 is 11.9 Å². The van der Waals surface area contributed by atoms with E-state index in [2.05, 4.69) is 5.48 Å². The standard InChI is InChI=1S/C23H27N3O7/c1-29-10-11-31-15-32-17-8-9-18-19(12-17)20-13-25(21(18)22(27)24-30-2)23(28)26(20)33-14-16-6-4-3-5-7-16/h3-9,12,20-21H,10-11,13-15H2,1-2H3,(H,24,27)/t20-,21+/m0/s1. The van der Waals surface area contributed by atoms with Gasteiger partial charge in [0.05, 0.1) is 26.9 Å². The normalized spacial score (nSPS) is 18.9. The number of hydroxylamine groups is 3. The van der Waals surface area contributed by atoms with Gasteiger partial charge in [-0.1, -0.05) is 36.4 Å². The van der Waals surface area contributed by atoms with E-state index in [-0.39, 0.29) is 25.5 Å². The summed E-state index contributed by atoms with van der Waals surface area (Å²) >= 11 is 0. The van der Waals surface area contributed by atoms with Crippen LogP contribution in [0, 0.1) is 0 Å². The molecular weight excluding hydrogens is 430 g/mol. The van der Waals surface area contributed by atoms with E-state index in [0.717, 1.165) is 11.1 Å². The Labute approximate surface area is 191 Å². The summed E-state index contributed by atoms with van der Waals surface area (Å²) in [4.78, 5) is 38.2. The number of benzene rings is 2. The van der Waals surface area contributed by atoms with Crippen molar-refractivity contribution in [3.05, 3.63) is 65.2 Å². The van der Waals surface area contributed by atoms with Gasteiger partial charge in [-0.15, -0.1) is 0 Å². The maximum absolute atomic E-state index is 13.2. The average Bonchev–Trinajstić information content (AvgIpc) is 3.11. The van der Waals surface area contributed by atoms with Crippen LogP contribution in [0.4, 0.5) is 4.79 Å². The summed E-state index contributed by atoms with van der Waals surface area (Å²) in [5.41, 5.74) is 4.74. The lowest BCUT2D eigenvalue weighted by Crippen LogP contribution is -2.43. The number of ether oxygens (including phenoxy) is 3. The van der Waals surface area contributed by atoms with Gasteiger partial charge in [0, 0.05) is 7.11 Å². The van der Waals surface area contributed by atoms with Crippen molar-refractivity contribution in [2.75, 3.05) is 40.8 Å². The Hall–Kier alpha value is -3.18. The van der Waals surface area contributed by atoms with Crippen molar-refractivity contribution in [1.82, 2.24) is 15.4 Å². The van der Waals surface area contributed by atoms with Crippen LogP contribution in [0.15, 0.2) is 48.5 Å². The minimum absolute atomic E-state index is 0.0552. The largest absolute Gasteiger partial charge is 0.468 e. The van der Waals surface area contributed by atoms with E-state index in [1.54, 1.807) is 19.2 Å². The van der Waals surface area contributed by atoms with Gasteiger partial charge in [0.25, 0.3) is 5.91 Å². The molecule has 3 amide bonds. The minimum Gasteiger partial charge on any atom is -0.468 e. The van der Waals surface area contributed by atoms with Gasteiger partial charge >= 0.3 is 6.03 Å². The van der Waals surface area contributed by atoms with E-state index in [9.17, 15) is 9.59 Å². The lowest BCUT2D eigenvalue weighted by atomic mass is 9.90. The van der Waals surface area contributed by atoms with Crippen molar-refractivity contribution in [2.45, 2.75) is 18.7 Å². The maximum atomic E-state index is 13.2. The van der Waals surface area contributed by atoms with Crippen LogP contribution in [0.5, 0.6) is 5.75 Å². The van der Waals surface area contributed by atoms with Gasteiger partial charge in [-0.25, -0.2) is 10.3 Å². The summed E-state index contributed by atoms with van der Waals surface area (Å²) in [5.74, 6) is 0.125. The molecule has 4 rings (SSSR count). The smallest absolute Gasteiger partial charge is 0.345 e. The number of fused-ring (bicyclic) bond motifs is 4. The molecule has 10 heteroatoms. The highest BCUT2D eigenvalue weighted by molar-refractivity contribution is 5.90. The lowest BCUT2D eigenvalue weighted by Gasteiger charge is -2.31. The highest BCUT2D eigenvalue weighted by atomic mass is 16.7. The average molecular weight is 457 g/mol. The van der Waals surface area contributed by atoms with Gasteiger partial charge in [-0.3, -0.25) is 14.5 Å². The Kier molecular flexibility index (Phi) is 7.40. The zero-order valence-electron chi connectivity index (χ0n) is 18.6. The quantitative estimate of drug-likeness (QED) is 0.314. The fourth-order valence-electron chi connectivity index (χ4n) is 4.00. The first-order valence-corrected chi connectivity index (χ1v) is 10.6. The van der Waals surface area contributed by atoms with Crippen molar-refractivity contribution in [1.29, 1.82) is 0 Å². The van der Waals surface area contributed by atoms with Crippen molar-refractivity contribution in [2.24, 2.45) is 0 Å². The molecule has 2 aromatic carbocycles. The SMILES string of the molecule is COCCOCOc1ccc2c(c1)[C@@H]1CN(C(=O)N1OCc1ccccc1)[C@H]2C(=O)NOC. The van der Waals surface area contributed by atoms with Gasteiger partial charge in [-0.2, -0.15) is 5.06 Å². The maximum Gasteiger partial charge on any atom is 0.345 e. The first-order chi connectivity index (χ1) is 16.1. The zero-order chi connectivity index (χ0) is 23.2. The summed E-state index contributed by atoms with van der Waals surface area (Å²) in [7, 11) is 2.95. The first-order valence-electron chi connectivity index (χ1n) is 10.6. The highest BCUT2D eigenvalue weighted by Gasteiger charge is 2.51. The Bertz CT molecular complexity index is 972. The monoisotopic (exact) mass is 457 g/mol. The van der Waals surface area contributed by atoms with Gasteiger partial charge in [0.15, 0.2) is 6.79 Å². The number of methoxy groups -OCH3 is 1. The van der Waals surface area contributed by atoms with Gasteiger partial charge in [0.2, 0.25) is 0 Å². The molecule has 2 aromatic rings. The fraction of sp³-hybridized carbons (Fsp3) is 0.391. The van der Waals surface area contributed by atoms with Gasteiger partial charge < -0.3 is 19.1 Å². The third-order valence-corrected chi connectivity index (χ3v) is 5.52. The third kappa shape index (κ3) is 4.93. The number of amides is 3. The second-order valence-electron chi connectivity index (χ2n) is 7.56. The van der Waals surface area contributed by atoms with Crippen LogP contribution >= 0.6 is 0 Å².